The summed E-state index contributed by atoms with van der Waals surface area (Å²) < 4.78 is 28.8. The summed E-state index contributed by atoms with van der Waals surface area (Å²) in [4.78, 5) is 28.8. The van der Waals surface area contributed by atoms with Crippen molar-refractivity contribution in [2.45, 2.75) is 51.6 Å². The molecular formula is C30H34Cl3N3O4S. The minimum atomic E-state index is -4.19. The number of anilines is 1. The van der Waals surface area contributed by atoms with Gasteiger partial charge in [0.1, 0.15) is 12.6 Å². The van der Waals surface area contributed by atoms with E-state index < -0.39 is 28.5 Å². The number of nitrogens with one attached hydrogen (secondary N) is 1. The summed E-state index contributed by atoms with van der Waals surface area (Å²) >= 11 is 19.0. The second-order valence-electron chi connectivity index (χ2n) is 10.1. The maximum Gasteiger partial charge on any atom is 0.264 e. The summed E-state index contributed by atoms with van der Waals surface area (Å²) in [6, 6.07) is 16.6. The van der Waals surface area contributed by atoms with Gasteiger partial charge < -0.3 is 10.2 Å². The first-order valence-electron chi connectivity index (χ1n) is 13.2. The molecule has 1 atom stereocenters. The molecule has 0 saturated carbocycles. The minimum absolute atomic E-state index is 0.0215. The Balaban J connectivity index is 2.08. The zero-order valence-corrected chi connectivity index (χ0v) is 26.5. The first kappa shape index (κ1) is 32.7. The van der Waals surface area contributed by atoms with Crippen molar-refractivity contribution in [1.82, 2.24) is 10.2 Å². The smallest absolute Gasteiger partial charge is 0.264 e. The Labute approximate surface area is 257 Å². The molecule has 0 fully saturated rings. The number of hydrogen-bond acceptors (Lipinski definition) is 4. The fourth-order valence-electron chi connectivity index (χ4n) is 4.17. The van der Waals surface area contributed by atoms with E-state index in [1.54, 1.807) is 49.4 Å². The average molecular weight is 639 g/mol. The number of aryl methyl sites for hydroxylation is 1. The summed E-state index contributed by atoms with van der Waals surface area (Å²) in [5.41, 5.74) is 1.59. The number of carbonyl (C=O) groups excluding carboxylic acids is 2. The topological polar surface area (TPSA) is 86.8 Å². The largest absolute Gasteiger partial charge is 0.354 e. The van der Waals surface area contributed by atoms with E-state index in [0.717, 1.165) is 9.87 Å². The molecule has 0 unspecified atom stereocenters. The molecule has 41 heavy (non-hydrogen) atoms. The Morgan fingerprint density at radius 3 is 2.02 bits per heavy atom. The molecule has 3 aromatic carbocycles. The molecule has 0 aromatic heterocycles. The van der Waals surface area contributed by atoms with Crippen LogP contribution in [0.25, 0.3) is 0 Å². The monoisotopic (exact) mass is 637 g/mol. The Morgan fingerprint density at radius 2 is 1.49 bits per heavy atom. The fourth-order valence-corrected chi connectivity index (χ4v) is 6.23. The van der Waals surface area contributed by atoms with Crippen molar-refractivity contribution in [2.24, 2.45) is 5.92 Å². The third-order valence-corrected chi connectivity index (χ3v) is 9.21. The molecule has 1 N–H and O–H groups in total. The predicted octanol–water partition coefficient (Wildman–Crippen LogP) is 6.73. The summed E-state index contributed by atoms with van der Waals surface area (Å²) in [6.07, 6.45) is 0.281. The van der Waals surface area contributed by atoms with E-state index in [9.17, 15) is 18.0 Å². The standard InChI is InChI=1S/C30H34Cl3N3O4S/c1-5-28(30(38)34-17-20(2)3)35(18-25-26(32)7-6-8-27(25)33)29(37)19-36(23-13-11-22(31)12-14-23)41(39,40)24-15-9-21(4)10-16-24/h6-16,20,28H,5,17-19H2,1-4H3,(H,34,38)/t28-/m0/s1. The van der Waals surface area contributed by atoms with Gasteiger partial charge in [0.2, 0.25) is 11.8 Å². The van der Waals surface area contributed by atoms with Crippen molar-refractivity contribution >= 4 is 62.3 Å². The Kier molecular flexibility index (Phi) is 11.5. The fraction of sp³-hybridized carbons (Fsp3) is 0.333. The number of rotatable bonds is 12. The predicted molar refractivity (Wildman–Crippen MR) is 166 cm³/mol. The van der Waals surface area contributed by atoms with Gasteiger partial charge in [0.25, 0.3) is 10.0 Å². The molecule has 0 aliphatic carbocycles. The van der Waals surface area contributed by atoms with Gasteiger partial charge >= 0.3 is 0 Å². The van der Waals surface area contributed by atoms with Gasteiger partial charge in [-0.3, -0.25) is 13.9 Å². The van der Waals surface area contributed by atoms with E-state index in [1.165, 1.54) is 29.2 Å². The molecule has 0 saturated heterocycles. The van der Waals surface area contributed by atoms with Crippen molar-refractivity contribution in [3.63, 3.8) is 0 Å². The van der Waals surface area contributed by atoms with Gasteiger partial charge in [0.15, 0.2) is 0 Å². The molecule has 0 spiro atoms. The lowest BCUT2D eigenvalue weighted by Gasteiger charge is -2.33. The summed E-state index contributed by atoms with van der Waals surface area (Å²) in [5.74, 6) is -0.756. The van der Waals surface area contributed by atoms with Crippen molar-refractivity contribution in [3.8, 4) is 0 Å². The highest BCUT2D eigenvalue weighted by Crippen LogP contribution is 2.29. The second kappa shape index (κ2) is 14.4. The minimum Gasteiger partial charge on any atom is -0.354 e. The van der Waals surface area contributed by atoms with Crippen LogP contribution >= 0.6 is 34.8 Å². The molecule has 0 aliphatic rings. The number of carbonyl (C=O) groups is 2. The van der Waals surface area contributed by atoms with Gasteiger partial charge in [-0.25, -0.2) is 8.42 Å². The molecular weight excluding hydrogens is 605 g/mol. The van der Waals surface area contributed by atoms with Crippen LogP contribution in [0.15, 0.2) is 71.6 Å². The summed E-state index contributed by atoms with van der Waals surface area (Å²) in [6.45, 7) is 7.32. The average Bonchev–Trinajstić information content (AvgIpc) is 2.92. The summed E-state index contributed by atoms with van der Waals surface area (Å²) in [7, 11) is -4.19. The Hall–Kier alpha value is -2.78. The van der Waals surface area contributed by atoms with Crippen molar-refractivity contribution < 1.29 is 18.0 Å². The van der Waals surface area contributed by atoms with Crippen LogP contribution in [0.2, 0.25) is 15.1 Å². The highest BCUT2D eigenvalue weighted by Gasteiger charge is 2.34. The first-order valence-corrected chi connectivity index (χ1v) is 15.8. The van der Waals surface area contributed by atoms with Crippen molar-refractivity contribution in [2.75, 3.05) is 17.4 Å². The van der Waals surface area contributed by atoms with Crippen LogP contribution in [0.4, 0.5) is 5.69 Å². The lowest BCUT2D eigenvalue weighted by molar-refractivity contribution is -0.140. The van der Waals surface area contributed by atoms with E-state index in [-0.39, 0.29) is 35.4 Å². The molecule has 0 heterocycles. The lowest BCUT2D eigenvalue weighted by Crippen LogP contribution is -2.52. The quantitative estimate of drug-likeness (QED) is 0.238. The molecule has 3 aromatic rings. The molecule has 3 rings (SSSR count). The molecule has 0 aliphatic heterocycles. The van der Waals surface area contributed by atoms with Crippen LogP contribution in [0.3, 0.4) is 0 Å². The third kappa shape index (κ3) is 8.38. The first-order chi connectivity index (χ1) is 19.3. The number of hydrogen-bond donors (Lipinski definition) is 1. The highest BCUT2D eigenvalue weighted by atomic mass is 35.5. The maximum atomic E-state index is 14.1. The number of sulfonamides is 1. The van der Waals surface area contributed by atoms with Crippen LogP contribution in [0, 0.1) is 12.8 Å². The number of amides is 2. The molecule has 2 amide bonds. The molecule has 7 nitrogen and oxygen atoms in total. The van der Waals surface area contributed by atoms with Gasteiger partial charge in [0.05, 0.1) is 10.6 Å². The van der Waals surface area contributed by atoms with Crippen molar-refractivity contribution in [3.05, 3.63) is 92.9 Å². The van der Waals surface area contributed by atoms with E-state index in [0.29, 0.717) is 27.2 Å². The van der Waals surface area contributed by atoms with Crippen LogP contribution in [0.1, 0.15) is 38.3 Å². The normalized spacial score (nSPS) is 12.2. The second-order valence-corrected chi connectivity index (χ2v) is 13.2. The maximum absolute atomic E-state index is 14.1. The van der Waals surface area contributed by atoms with Crippen LogP contribution < -0.4 is 9.62 Å². The summed E-state index contributed by atoms with van der Waals surface area (Å²) in [5, 5.41) is 3.96. The van der Waals surface area contributed by atoms with E-state index >= 15 is 0 Å². The number of benzene rings is 3. The lowest BCUT2D eigenvalue weighted by atomic mass is 10.1. The van der Waals surface area contributed by atoms with E-state index in [4.69, 9.17) is 34.8 Å². The third-order valence-electron chi connectivity index (χ3n) is 6.46. The molecule has 220 valence electrons. The Morgan fingerprint density at radius 1 is 0.902 bits per heavy atom. The Bertz CT molecular complexity index is 1440. The zero-order valence-electron chi connectivity index (χ0n) is 23.4. The highest BCUT2D eigenvalue weighted by molar-refractivity contribution is 7.92. The molecule has 11 heteroatoms. The van der Waals surface area contributed by atoms with E-state index in [1.807, 2.05) is 20.8 Å². The van der Waals surface area contributed by atoms with Crippen LogP contribution in [-0.2, 0) is 26.2 Å². The van der Waals surface area contributed by atoms with Gasteiger partial charge in [-0.1, -0.05) is 79.3 Å². The van der Waals surface area contributed by atoms with Gasteiger partial charge in [-0.05, 0) is 67.8 Å². The SMILES string of the molecule is CC[C@@H](C(=O)NCC(C)C)N(Cc1c(Cl)cccc1Cl)C(=O)CN(c1ccc(Cl)cc1)S(=O)(=O)c1ccc(C)cc1. The van der Waals surface area contributed by atoms with Gasteiger partial charge in [-0.15, -0.1) is 0 Å². The number of halogens is 3. The zero-order chi connectivity index (χ0) is 30.3. The van der Waals surface area contributed by atoms with Gasteiger partial charge in [-0.2, -0.15) is 0 Å². The molecule has 0 bridgehead atoms. The van der Waals surface area contributed by atoms with E-state index in [2.05, 4.69) is 5.32 Å². The van der Waals surface area contributed by atoms with Gasteiger partial charge in [0, 0.05) is 33.7 Å². The number of nitrogens with zero attached hydrogens (tertiary/aromatic N) is 2. The van der Waals surface area contributed by atoms with Crippen LogP contribution in [-0.4, -0.2) is 44.3 Å². The molecule has 0 radical (unpaired) electrons. The van der Waals surface area contributed by atoms with Crippen LogP contribution in [0.5, 0.6) is 0 Å². The van der Waals surface area contributed by atoms with Crippen molar-refractivity contribution in [1.29, 1.82) is 0 Å².